The van der Waals surface area contributed by atoms with Gasteiger partial charge in [-0.15, -0.1) is 0 Å². The molecule has 0 aromatic heterocycles. The Balaban J connectivity index is 1.88. The van der Waals surface area contributed by atoms with Crippen molar-refractivity contribution in [2.24, 2.45) is 0 Å². The normalized spacial score (nSPS) is 11.3. The van der Waals surface area contributed by atoms with E-state index in [2.05, 4.69) is 130 Å². The zero-order chi connectivity index (χ0) is 28.0. The van der Waals surface area contributed by atoms with E-state index in [1.54, 1.807) is 7.11 Å². The Bertz CT molecular complexity index is 1390. The van der Waals surface area contributed by atoms with Gasteiger partial charge in [0.25, 0.3) is 0 Å². The molecule has 4 aromatic rings. The van der Waals surface area contributed by atoms with Crippen LogP contribution in [0.15, 0.2) is 84.9 Å². The predicted octanol–water partition coefficient (Wildman–Crippen LogP) is 9.03. The van der Waals surface area contributed by atoms with Gasteiger partial charge in [0, 0.05) is 0 Å². The number of rotatable bonds is 10. The van der Waals surface area contributed by atoms with Crippen molar-refractivity contribution in [3.63, 3.8) is 0 Å². The third-order valence-corrected chi connectivity index (χ3v) is 7.62. The van der Waals surface area contributed by atoms with Crippen LogP contribution in [0.2, 0.25) is 0 Å². The van der Waals surface area contributed by atoms with Gasteiger partial charge in [0.15, 0.2) is 0 Å². The third-order valence-electron chi connectivity index (χ3n) is 6.89. The first-order valence-electron chi connectivity index (χ1n) is 13.5. The van der Waals surface area contributed by atoms with E-state index in [1.807, 2.05) is 0 Å². The van der Waals surface area contributed by atoms with E-state index in [0.29, 0.717) is 31.4 Å². The molecule has 201 valence electrons. The average molecular weight is 686 g/mol. The quantitative estimate of drug-likeness (QED) is 0.133. The number of nitrogens with zero attached hydrogens (tertiary/aromatic N) is 1. The summed E-state index contributed by atoms with van der Waals surface area (Å²) in [6, 6.07) is 30.3. The maximum absolute atomic E-state index is 6.28. The molecule has 0 saturated carbocycles. The SMILES string of the molecule is COCCCN(c1ccccc1-c1ccccc1Nc1ccc(C)cc1)c1cc(C)cc(C(C)(C)C)c1[O][Hf]. The standard InChI is InChI=1S/C34H40N2O2.Hf/c1-24-16-18-26(19-17-24)35-30-14-9-7-12-27(30)28-13-8-10-15-31(28)36(20-11-21-38-6)32-23-25(2)22-29(33(32)37)34(3,4)5;/h7-10,12-19,22-23,35,37H,11,20-21H2,1-6H3;/q;+1/p-1. The summed E-state index contributed by atoms with van der Waals surface area (Å²) in [4.78, 5) is 2.42. The zero-order valence-corrected chi connectivity index (χ0v) is 27.6. The number of para-hydroxylation sites is 2. The van der Waals surface area contributed by atoms with Gasteiger partial charge in [0.05, 0.1) is 0 Å². The Morgan fingerprint density at radius 2 is 1.46 bits per heavy atom. The zero-order valence-electron chi connectivity index (χ0n) is 24.0. The summed E-state index contributed by atoms with van der Waals surface area (Å²) < 4.78 is 11.7. The summed E-state index contributed by atoms with van der Waals surface area (Å²) in [7, 11) is 1.77. The van der Waals surface area contributed by atoms with E-state index in [1.165, 1.54) is 22.3 Å². The van der Waals surface area contributed by atoms with Crippen LogP contribution >= 0.6 is 0 Å². The molecule has 1 N–H and O–H groups in total. The van der Waals surface area contributed by atoms with Crippen molar-refractivity contribution in [2.45, 2.75) is 46.5 Å². The molecule has 0 atom stereocenters. The molecule has 0 aliphatic heterocycles. The molecule has 0 saturated heterocycles. The van der Waals surface area contributed by atoms with Crippen molar-refractivity contribution >= 4 is 22.7 Å². The van der Waals surface area contributed by atoms with Crippen molar-refractivity contribution in [1.82, 2.24) is 0 Å². The first-order valence-corrected chi connectivity index (χ1v) is 15.0. The van der Waals surface area contributed by atoms with Gasteiger partial charge in [-0.1, -0.05) is 5.56 Å². The van der Waals surface area contributed by atoms with Crippen LogP contribution in [0.4, 0.5) is 22.7 Å². The fourth-order valence-corrected chi connectivity index (χ4v) is 5.68. The van der Waals surface area contributed by atoms with Crippen molar-refractivity contribution < 1.29 is 32.4 Å². The summed E-state index contributed by atoms with van der Waals surface area (Å²) in [6.07, 6.45) is 0.896. The van der Waals surface area contributed by atoms with Crippen LogP contribution in [0.5, 0.6) is 5.75 Å². The fraction of sp³-hybridized carbons (Fsp3) is 0.294. The Labute approximate surface area is 249 Å². The molecule has 0 amide bonds. The molecule has 0 aliphatic carbocycles. The number of nitrogens with one attached hydrogen (secondary N) is 1. The van der Waals surface area contributed by atoms with E-state index in [4.69, 9.17) is 7.59 Å². The van der Waals surface area contributed by atoms with Gasteiger partial charge in [-0.3, -0.25) is 0 Å². The number of benzene rings is 4. The van der Waals surface area contributed by atoms with Crippen LogP contribution in [0.1, 0.15) is 43.9 Å². The van der Waals surface area contributed by atoms with Gasteiger partial charge in [0.2, 0.25) is 0 Å². The fourth-order valence-electron chi connectivity index (χ4n) is 4.91. The summed E-state index contributed by atoms with van der Waals surface area (Å²) >= 11 is 0.616. The van der Waals surface area contributed by atoms with Crippen LogP contribution in [0.25, 0.3) is 11.1 Å². The molecular weight excluding hydrogens is 647 g/mol. The van der Waals surface area contributed by atoms with Crippen LogP contribution in [0, 0.1) is 13.8 Å². The Kier molecular flexibility index (Phi) is 9.68. The molecule has 0 aliphatic rings. The number of hydrogen-bond acceptors (Lipinski definition) is 4. The molecule has 4 aromatic carbocycles. The van der Waals surface area contributed by atoms with Crippen LogP contribution in [0.3, 0.4) is 0 Å². The van der Waals surface area contributed by atoms with Gasteiger partial charge in [0.1, 0.15) is 0 Å². The van der Waals surface area contributed by atoms with E-state index < -0.39 is 0 Å². The number of hydrogen-bond donors (Lipinski definition) is 1. The molecule has 5 heteroatoms. The number of ether oxygens (including phenoxy) is 1. The third kappa shape index (κ3) is 7.01. The van der Waals surface area contributed by atoms with Crippen molar-refractivity contribution in [3.8, 4) is 16.9 Å². The van der Waals surface area contributed by atoms with Gasteiger partial charge in [-0.25, -0.2) is 0 Å². The van der Waals surface area contributed by atoms with Crippen LogP contribution < -0.4 is 13.1 Å². The van der Waals surface area contributed by atoms with Gasteiger partial charge in [-0.2, -0.15) is 0 Å². The second kappa shape index (κ2) is 13.0. The summed E-state index contributed by atoms with van der Waals surface area (Å²) in [5, 5.41) is 3.66. The molecule has 0 spiro atoms. The maximum atomic E-state index is 6.28. The molecule has 4 rings (SSSR count). The molecule has 0 bridgehead atoms. The summed E-state index contributed by atoms with van der Waals surface area (Å²) in [5.74, 6) is 0.984. The summed E-state index contributed by atoms with van der Waals surface area (Å²) in [6.45, 7) is 12.6. The predicted molar refractivity (Wildman–Crippen MR) is 160 cm³/mol. The van der Waals surface area contributed by atoms with Gasteiger partial charge >= 0.3 is 238 Å². The molecular formula is C34H39HfN2O2. The number of anilines is 4. The molecule has 39 heavy (non-hydrogen) atoms. The van der Waals surface area contributed by atoms with Gasteiger partial charge in [-0.05, 0) is 6.92 Å². The Morgan fingerprint density at radius 3 is 2.13 bits per heavy atom. The molecule has 0 heterocycles. The van der Waals surface area contributed by atoms with Crippen LogP contribution in [-0.2, 0) is 35.0 Å². The van der Waals surface area contributed by atoms with E-state index in [9.17, 15) is 0 Å². The molecule has 4 nitrogen and oxygen atoms in total. The summed E-state index contributed by atoms with van der Waals surface area (Å²) in [5.41, 5.74) is 10.4. The minimum atomic E-state index is -0.0389. The first kappa shape index (κ1) is 29.1. The Hall–Kier alpha value is -2.89. The average Bonchev–Trinajstić information content (AvgIpc) is 2.92. The molecule has 0 unspecified atom stereocenters. The van der Waals surface area contributed by atoms with Gasteiger partial charge < -0.3 is 0 Å². The Morgan fingerprint density at radius 1 is 0.795 bits per heavy atom. The van der Waals surface area contributed by atoms with E-state index in [-0.39, 0.29) is 5.41 Å². The monoisotopic (exact) mass is 687 g/mol. The number of aryl methyl sites for hydroxylation is 2. The second-order valence-corrected chi connectivity index (χ2v) is 11.8. The van der Waals surface area contributed by atoms with Crippen LogP contribution in [-0.4, -0.2) is 20.3 Å². The van der Waals surface area contributed by atoms with E-state index in [0.717, 1.165) is 47.0 Å². The van der Waals surface area contributed by atoms with Crippen molar-refractivity contribution in [1.29, 1.82) is 0 Å². The number of methoxy groups -OCH3 is 1. The molecule has 0 fully saturated rings. The minimum absolute atomic E-state index is 0.0389. The second-order valence-electron chi connectivity index (χ2n) is 11.1. The van der Waals surface area contributed by atoms with Crippen molar-refractivity contribution in [2.75, 3.05) is 30.5 Å². The first-order chi connectivity index (χ1) is 18.7. The topological polar surface area (TPSA) is 33.7 Å². The van der Waals surface area contributed by atoms with E-state index >= 15 is 0 Å². The van der Waals surface area contributed by atoms with Crippen molar-refractivity contribution in [3.05, 3.63) is 102 Å². The molecule has 0 radical (unpaired) electrons.